The molecular weight excluding hydrogens is 338 g/mol. The number of aryl methyl sites for hydroxylation is 1. The number of pyridine rings is 1. The molecule has 1 aliphatic carbocycles. The van der Waals surface area contributed by atoms with Crippen LogP contribution in [0.15, 0.2) is 24.5 Å². The third-order valence-corrected chi connectivity index (χ3v) is 5.33. The van der Waals surface area contributed by atoms with Crippen LogP contribution in [0.4, 0.5) is 5.82 Å². The highest BCUT2D eigenvalue weighted by molar-refractivity contribution is 6.33. The summed E-state index contributed by atoms with van der Waals surface area (Å²) in [6.45, 7) is 2.25. The zero-order chi connectivity index (χ0) is 18.0. The molecule has 1 saturated carbocycles. The van der Waals surface area contributed by atoms with Gasteiger partial charge in [-0.1, -0.05) is 31.4 Å². The van der Waals surface area contributed by atoms with Gasteiger partial charge in [-0.15, -0.1) is 0 Å². The fourth-order valence-corrected chi connectivity index (χ4v) is 3.69. The number of aromatic nitrogens is 3. The summed E-state index contributed by atoms with van der Waals surface area (Å²) < 4.78 is 1.69. The number of anilines is 1. The van der Waals surface area contributed by atoms with Gasteiger partial charge in [0.05, 0.1) is 23.0 Å². The molecule has 25 heavy (non-hydrogen) atoms. The monoisotopic (exact) mass is 361 g/mol. The number of nitrogens with two attached hydrogens (primary N) is 1. The van der Waals surface area contributed by atoms with Crippen LogP contribution in [0.5, 0.6) is 0 Å². The molecule has 6 nitrogen and oxygen atoms in total. The minimum atomic E-state index is -0.486. The maximum Gasteiger partial charge on any atom is 0.242 e. The van der Waals surface area contributed by atoms with Gasteiger partial charge in [0.2, 0.25) is 5.91 Å². The number of carbonyl (C=O) groups is 1. The van der Waals surface area contributed by atoms with E-state index in [2.05, 4.69) is 22.3 Å². The number of amides is 1. The molecule has 0 spiro atoms. The van der Waals surface area contributed by atoms with Crippen molar-refractivity contribution in [2.45, 2.75) is 38.6 Å². The fourth-order valence-electron chi connectivity index (χ4n) is 3.41. The predicted molar refractivity (Wildman–Crippen MR) is 99.2 cm³/mol. The van der Waals surface area contributed by atoms with Crippen LogP contribution in [0, 0.1) is 11.8 Å². The molecule has 0 aromatic carbocycles. The van der Waals surface area contributed by atoms with Crippen LogP contribution in [0.1, 0.15) is 32.6 Å². The largest absolute Gasteiger partial charge is 0.320 e. The summed E-state index contributed by atoms with van der Waals surface area (Å²) in [5.74, 6) is 1.31. The number of halogens is 1. The Labute approximate surface area is 152 Å². The van der Waals surface area contributed by atoms with E-state index in [-0.39, 0.29) is 11.8 Å². The molecule has 134 valence electrons. The maximum atomic E-state index is 12.4. The molecule has 1 fully saturated rings. The van der Waals surface area contributed by atoms with E-state index in [0.717, 1.165) is 42.9 Å². The third-order valence-electron chi connectivity index (χ3n) is 5.05. The first-order valence-corrected chi connectivity index (χ1v) is 9.04. The number of rotatable bonds is 4. The minimum absolute atomic E-state index is 0.168. The summed E-state index contributed by atoms with van der Waals surface area (Å²) in [5.41, 5.74) is 7.80. The summed E-state index contributed by atoms with van der Waals surface area (Å²) in [5, 5.41) is 7.50. The van der Waals surface area contributed by atoms with Crippen molar-refractivity contribution in [1.82, 2.24) is 14.8 Å². The molecular formula is C18H24ClN5O. The number of hydrogen-bond donors (Lipinski definition) is 2. The van der Waals surface area contributed by atoms with Crippen LogP contribution >= 0.6 is 11.6 Å². The standard InChI is InChI=1S/C18H24ClN5O/c1-11-3-5-12(6-4-11)16(20)18(25)23-15-8-7-13(9-21-15)17-14(19)10-22-24(17)2/h7-12,16H,3-6,20H2,1-2H3,(H,21,23,25). The molecule has 0 aliphatic heterocycles. The van der Waals surface area contributed by atoms with Gasteiger partial charge in [-0.25, -0.2) is 4.98 Å². The molecule has 0 saturated heterocycles. The number of carbonyl (C=O) groups excluding carboxylic acids is 1. The van der Waals surface area contributed by atoms with Gasteiger partial charge in [0.1, 0.15) is 5.82 Å². The van der Waals surface area contributed by atoms with Crippen LogP contribution in [0.3, 0.4) is 0 Å². The first kappa shape index (κ1) is 17.9. The lowest BCUT2D eigenvalue weighted by molar-refractivity contribution is -0.118. The van der Waals surface area contributed by atoms with E-state index in [9.17, 15) is 4.79 Å². The molecule has 1 aliphatic rings. The Balaban J connectivity index is 1.64. The van der Waals surface area contributed by atoms with E-state index in [1.54, 1.807) is 23.1 Å². The first-order valence-electron chi connectivity index (χ1n) is 8.66. The molecule has 3 rings (SSSR count). The Kier molecular flexibility index (Phi) is 5.39. The quantitative estimate of drug-likeness (QED) is 0.875. The summed E-state index contributed by atoms with van der Waals surface area (Å²) in [6, 6.07) is 3.13. The third kappa shape index (κ3) is 4.02. The Morgan fingerprint density at radius 1 is 1.32 bits per heavy atom. The van der Waals surface area contributed by atoms with Crippen molar-refractivity contribution in [2.24, 2.45) is 24.6 Å². The van der Waals surface area contributed by atoms with E-state index in [1.165, 1.54) is 0 Å². The van der Waals surface area contributed by atoms with Crippen molar-refractivity contribution < 1.29 is 4.79 Å². The normalized spacial score (nSPS) is 21.8. The second-order valence-corrected chi connectivity index (χ2v) is 7.34. The van der Waals surface area contributed by atoms with Gasteiger partial charge in [0, 0.05) is 18.8 Å². The van der Waals surface area contributed by atoms with E-state index in [1.807, 2.05) is 13.1 Å². The van der Waals surface area contributed by atoms with Crippen molar-refractivity contribution in [2.75, 3.05) is 5.32 Å². The molecule has 2 heterocycles. The van der Waals surface area contributed by atoms with Crippen molar-refractivity contribution in [3.8, 4) is 11.3 Å². The lowest BCUT2D eigenvalue weighted by Gasteiger charge is -2.29. The molecule has 1 unspecified atom stereocenters. The van der Waals surface area contributed by atoms with Crippen molar-refractivity contribution >= 4 is 23.3 Å². The Bertz CT molecular complexity index is 715. The highest BCUT2D eigenvalue weighted by atomic mass is 35.5. The zero-order valence-corrected chi connectivity index (χ0v) is 15.3. The number of nitrogens with one attached hydrogen (secondary N) is 1. The highest BCUT2D eigenvalue weighted by Crippen LogP contribution is 2.30. The van der Waals surface area contributed by atoms with Gasteiger partial charge < -0.3 is 11.1 Å². The van der Waals surface area contributed by atoms with Gasteiger partial charge >= 0.3 is 0 Å². The maximum absolute atomic E-state index is 12.4. The average Bonchev–Trinajstić information content (AvgIpc) is 2.94. The fraction of sp³-hybridized carbons (Fsp3) is 0.500. The highest BCUT2D eigenvalue weighted by Gasteiger charge is 2.28. The Morgan fingerprint density at radius 2 is 2.04 bits per heavy atom. The SMILES string of the molecule is CC1CCC(C(N)C(=O)Nc2ccc(-c3c(Cl)cnn3C)cn2)CC1. The topological polar surface area (TPSA) is 85.8 Å². The molecule has 2 aromatic rings. The Morgan fingerprint density at radius 3 is 2.60 bits per heavy atom. The second-order valence-electron chi connectivity index (χ2n) is 6.93. The summed E-state index contributed by atoms with van der Waals surface area (Å²) >= 11 is 6.14. The second kappa shape index (κ2) is 7.54. The lowest BCUT2D eigenvalue weighted by Crippen LogP contribution is -2.43. The molecule has 0 bridgehead atoms. The van der Waals surface area contributed by atoms with Crippen molar-refractivity contribution in [1.29, 1.82) is 0 Å². The van der Waals surface area contributed by atoms with Crippen LogP contribution in [-0.4, -0.2) is 26.7 Å². The van der Waals surface area contributed by atoms with Gasteiger partial charge in [-0.05, 0) is 36.8 Å². The molecule has 3 N–H and O–H groups in total. The number of hydrogen-bond acceptors (Lipinski definition) is 4. The van der Waals surface area contributed by atoms with Crippen LogP contribution in [-0.2, 0) is 11.8 Å². The molecule has 1 amide bonds. The molecule has 2 aromatic heterocycles. The zero-order valence-electron chi connectivity index (χ0n) is 14.6. The van der Waals surface area contributed by atoms with Crippen LogP contribution < -0.4 is 11.1 Å². The van der Waals surface area contributed by atoms with Crippen LogP contribution in [0.2, 0.25) is 5.02 Å². The first-order chi connectivity index (χ1) is 12.0. The van der Waals surface area contributed by atoms with Gasteiger partial charge in [0.25, 0.3) is 0 Å². The predicted octanol–water partition coefficient (Wildman–Crippen LogP) is 3.23. The van der Waals surface area contributed by atoms with E-state index < -0.39 is 6.04 Å². The van der Waals surface area contributed by atoms with Crippen LogP contribution in [0.25, 0.3) is 11.3 Å². The summed E-state index contributed by atoms with van der Waals surface area (Å²) in [6.07, 6.45) is 7.58. The van der Waals surface area contributed by atoms with Gasteiger partial charge in [-0.3, -0.25) is 9.48 Å². The minimum Gasteiger partial charge on any atom is -0.320 e. The van der Waals surface area contributed by atoms with Gasteiger partial charge in [-0.2, -0.15) is 5.10 Å². The molecule has 0 radical (unpaired) electrons. The molecule has 7 heteroatoms. The smallest absolute Gasteiger partial charge is 0.242 e. The van der Waals surface area contributed by atoms with E-state index in [4.69, 9.17) is 17.3 Å². The van der Waals surface area contributed by atoms with Gasteiger partial charge in [0.15, 0.2) is 0 Å². The summed E-state index contributed by atoms with van der Waals surface area (Å²) in [7, 11) is 1.82. The van der Waals surface area contributed by atoms with Crippen molar-refractivity contribution in [3.05, 3.63) is 29.5 Å². The Hall–Kier alpha value is -1.92. The van der Waals surface area contributed by atoms with Crippen molar-refractivity contribution in [3.63, 3.8) is 0 Å². The number of nitrogens with zero attached hydrogens (tertiary/aromatic N) is 3. The average molecular weight is 362 g/mol. The summed E-state index contributed by atoms with van der Waals surface area (Å²) in [4.78, 5) is 16.7. The van der Waals surface area contributed by atoms with E-state index >= 15 is 0 Å². The van der Waals surface area contributed by atoms with E-state index in [0.29, 0.717) is 10.8 Å². The lowest BCUT2D eigenvalue weighted by atomic mass is 9.79. The molecule has 1 atom stereocenters.